The molecule has 0 aliphatic carbocycles. The van der Waals surface area contributed by atoms with Crippen molar-refractivity contribution >= 4 is 10.8 Å². The van der Waals surface area contributed by atoms with Crippen molar-refractivity contribution in [2.75, 3.05) is 0 Å². The summed E-state index contributed by atoms with van der Waals surface area (Å²) in [7, 11) is 0. The van der Waals surface area contributed by atoms with Crippen LogP contribution in [0.5, 0.6) is 0 Å². The Labute approximate surface area is 90.1 Å². The summed E-state index contributed by atoms with van der Waals surface area (Å²) in [5, 5.41) is 2.41. The zero-order valence-electron chi connectivity index (χ0n) is 9.40. The van der Waals surface area contributed by atoms with E-state index in [4.69, 9.17) is 4.84 Å². The highest BCUT2D eigenvalue weighted by Gasteiger charge is 2.18. The Kier molecular flexibility index (Phi) is 2.35. The fraction of sp³-hybridized carbons (Fsp3) is 0.308. The zero-order valence-corrected chi connectivity index (χ0v) is 9.40. The Balaban J connectivity index is 2.39. The van der Waals surface area contributed by atoms with Gasteiger partial charge in [-0.2, -0.15) is 0 Å². The maximum Gasteiger partial charge on any atom is 0.230 e. The minimum Gasteiger partial charge on any atom is -0.266 e. The van der Waals surface area contributed by atoms with Gasteiger partial charge in [0.15, 0.2) is 5.60 Å². The third-order valence-corrected chi connectivity index (χ3v) is 2.04. The monoisotopic (exact) mass is 202 g/mol. The number of benzene rings is 1. The summed E-state index contributed by atoms with van der Waals surface area (Å²) in [6, 6.07) is 10.3. The van der Waals surface area contributed by atoms with Gasteiger partial charge in [-0.25, -0.2) is 0 Å². The predicted molar refractivity (Wildman–Crippen MR) is 60.5 cm³/mol. The molecule has 2 nitrogen and oxygen atoms in total. The van der Waals surface area contributed by atoms with E-state index in [0.29, 0.717) is 0 Å². The molecule has 0 N–H and O–H groups in total. The van der Waals surface area contributed by atoms with Crippen LogP contribution in [0.2, 0.25) is 0 Å². The average Bonchev–Trinajstić information content (AvgIpc) is 2.15. The quantitative estimate of drug-likeness (QED) is 0.647. The van der Waals surface area contributed by atoms with Crippen molar-refractivity contribution in [2.24, 2.45) is 0 Å². The van der Waals surface area contributed by atoms with E-state index >= 15 is 0 Å². The van der Waals surface area contributed by atoms with Gasteiger partial charge in [-0.3, -0.25) is 4.84 Å². The molecule has 0 radical (unpaired) electrons. The average molecular weight is 202 g/mol. The lowest BCUT2D eigenvalue weighted by molar-refractivity contribution is -0.904. The van der Waals surface area contributed by atoms with Crippen LogP contribution in [-0.4, -0.2) is 5.60 Å². The van der Waals surface area contributed by atoms with Crippen molar-refractivity contribution in [2.45, 2.75) is 26.4 Å². The van der Waals surface area contributed by atoms with Crippen LogP contribution in [0.3, 0.4) is 0 Å². The van der Waals surface area contributed by atoms with E-state index in [1.54, 1.807) is 4.73 Å². The van der Waals surface area contributed by atoms with Crippen LogP contribution in [0.4, 0.5) is 0 Å². The molecule has 0 fully saturated rings. The molecule has 15 heavy (non-hydrogen) atoms. The van der Waals surface area contributed by atoms with Gasteiger partial charge in [0.05, 0.1) is 5.39 Å². The lowest BCUT2D eigenvalue weighted by atomic mass is 10.2. The Morgan fingerprint density at radius 2 is 1.67 bits per heavy atom. The number of hydrogen-bond donors (Lipinski definition) is 0. The summed E-state index contributed by atoms with van der Waals surface area (Å²) in [5.41, 5.74) is -0.173. The number of aromatic nitrogens is 1. The van der Waals surface area contributed by atoms with Crippen molar-refractivity contribution in [1.82, 2.24) is 0 Å². The van der Waals surface area contributed by atoms with Crippen molar-refractivity contribution in [1.29, 1.82) is 0 Å². The molecule has 1 heterocycles. The maximum absolute atomic E-state index is 5.73. The van der Waals surface area contributed by atoms with E-state index in [1.807, 2.05) is 45.3 Å². The number of rotatable bonds is 1. The van der Waals surface area contributed by atoms with Crippen molar-refractivity contribution in [3.63, 3.8) is 0 Å². The van der Waals surface area contributed by atoms with Gasteiger partial charge in [-0.1, -0.05) is 18.2 Å². The molecule has 0 amide bonds. The van der Waals surface area contributed by atoms with Crippen LogP contribution in [0.25, 0.3) is 10.8 Å². The van der Waals surface area contributed by atoms with Gasteiger partial charge in [0.1, 0.15) is 0 Å². The Bertz CT molecular complexity index is 471. The summed E-state index contributed by atoms with van der Waals surface area (Å²) in [6.45, 7) is 6.11. The SMILES string of the molecule is CC(C)(C)O[n+]1ccc2ccccc2c1. The van der Waals surface area contributed by atoms with Gasteiger partial charge >= 0.3 is 0 Å². The topological polar surface area (TPSA) is 13.1 Å². The first-order chi connectivity index (χ1) is 7.04. The molecule has 0 spiro atoms. The highest BCUT2D eigenvalue weighted by Crippen LogP contribution is 2.09. The molecular formula is C13H16NO+. The minimum atomic E-state index is -0.173. The Morgan fingerprint density at radius 3 is 2.33 bits per heavy atom. The first kappa shape index (κ1) is 9.97. The minimum absolute atomic E-state index is 0.173. The number of pyridine rings is 1. The van der Waals surface area contributed by atoms with Gasteiger partial charge in [0.2, 0.25) is 12.4 Å². The zero-order chi connectivity index (χ0) is 10.9. The number of fused-ring (bicyclic) bond motifs is 1. The Morgan fingerprint density at radius 1 is 1.00 bits per heavy atom. The molecule has 2 heteroatoms. The van der Waals surface area contributed by atoms with Crippen LogP contribution in [0, 0.1) is 0 Å². The fourth-order valence-corrected chi connectivity index (χ4v) is 1.49. The summed E-state index contributed by atoms with van der Waals surface area (Å²) in [5.74, 6) is 0. The van der Waals surface area contributed by atoms with Crippen LogP contribution >= 0.6 is 0 Å². The third kappa shape index (κ3) is 2.46. The summed E-state index contributed by atoms with van der Waals surface area (Å²) in [6.07, 6.45) is 3.94. The van der Waals surface area contributed by atoms with E-state index < -0.39 is 0 Å². The summed E-state index contributed by atoms with van der Waals surface area (Å²) >= 11 is 0. The predicted octanol–water partition coefficient (Wildman–Crippen LogP) is 2.35. The summed E-state index contributed by atoms with van der Waals surface area (Å²) in [4.78, 5) is 5.73. The highest BCUT2D eigenvalue weighted by molar-refractivity contribution is 5.80. The molecule has 0 aliphatic rings. The van der Waals surface area contributed by atoms with Crippen LogP contribution in [0.15, 0.2) is 42.7 Å². The van der Waals surface area contributed by atoms with Crippen molar-refractivity contribution in [3.05, 3.63) is 42.7 Å². The molecule has 0 unspecified atom stereocenters. The van der Waals surface area contributed by atoms with E-state index in [-0.39, 0.29) is 5.60 Å². The first-order valence-electron chi connectivity index (χ1n) is 5.14. The summed E-state index contributed by atoms with van der Waals surface area (Å²) < 4.78 is 1.77. The maximum atomic E-state index is 5.73. The third-order valence-electron chi connectivity index (χ3n) is 2.04. The van der Waals surface area contributed by atoms with Crippen LogP contribution in [-0.2, 0) is 0 Å². The van der Waals surface area contributed by atoms with Crippen LogP contribution in [0.1, 0.15) is 20.8 Å². The number of nitrogens with zero attached hydrogens (tertiary/aromatic N) is 1. The van der Waals surface area contributed by atoms with E-state index in [0.717, 1.165) is 0 Å². The fourth-order valence-electron chi connectivity index (χ4n) is 1.49. The first-order valence-corrected chi connectivity index (χ1v) is 5.14. The molecule has 0 saturated carbocycles. The molecule has 0 saturated heterocycles. The van der Waals surface area contributed by atoms with E-state index in [9.17, 15) is 0 Å². The standard InChI is InChI=1S/C13H16NO/c1-13(2,3)15-14-9-8-11-6-4-5-7-12(11)10-14/h4-10H,1-3H3/q+1. The van der Waals surface area contributed by atoms with Gasteiger partial charge in [0, 0.05) is 10.8 Å². The molecule has 2 rings (SSSR count). The van der Waals surface area contributed by atoms with Crippen LogP contribution < -0.4 is 9.57 Å². The molecule has 0 atom stereocenters. The Hall–Kier alpha value is -1.57. The molecular weight excluding hydrogens is 186 g/mol. The lowest BCUT2D eigenvalue weighted by Crippen LogP contribution is -2.50. The highest BCUT2D eigenvalue weighted by atomic mass is 16.7. The van der Waals surface area contributed by atoms with Gasteiger partial charge < -0.3 is 0 Å². The van der Waals surface area contributed by atoms with E-state index in [2.05, 4.69) is 18.2 Å². The van der Waals surface area contributed by atoms with E-state index in [1.165, 1.54) is 10.8 Å². The lowest BCUT2D eigenvalue weighted by Gasteiger charge is -2.13. The normalized spacial score (nSPS) is 11.7. The number of hydrogen-bond acceptors (Lipinski definition) is 1. The molecule has 1 aromatic heterocycles. The van der Waals surface area contributed by atoms with Crippen molar-refractivity contribution < 1.29 is 9.57 Å². The molecule has 2 aromatic rings. The smallest absolute Gasteiger partial charge is 0.230 e. The van der Waals surface area contributed by atoms with Crippen molar-refractivity contribution in [3.8, 4) is 0 Å². The molecule has 0 bridgehead atoms. The second kappa shape index (κ2) is 3.54. The van der Waals surface area contributed by atoms with Gasteiger partial charge in [-0.15, -0.1) is 0 Å². The molecule has 0 aliphatic heterocycles. The van der Waals surface area contributed by atoms with Gasteiger partial charge in [0.25, 0.3) is 0 Å². The second-order valence-electron chi connectivity index (χ2n) is 4.64. The second-order valence-corrected chi connectivity index (χ2v) is 4.64. The molecule has 1 aromatic carbocycles. The molecule has 78 valence electrons. The van der Waals surface area contributed by atoms with Gasteiger partial charge in [-0.05, 0) is 32.2 Å². The largest absolute Gasteiger partial charge is 0.266 e.